The van der Waals surface area contributed by atoms with Crippen LogP contribution in [0.1, 0.15) is 59.0 Å². The number of carbonyl (C=O) groups is 1. The molecule has 4 aromatic rings. The van der Waals surface area contributed by atoms with Gasteiger partial charge in [-0.3, -0.25) is 0 Å². The largest absolute Gasteiger partial charge is 0.496 e. The minimum Gasteiger partial charge on any atom is -0.496 e. The number of methoxy groups -OCH3 is 2. The second-order valence-electron chi connectivity index (χ2n) is 10.4. The average Bonchev–Trinajstić information content (AvgIpc) is 3.32. The number of carboxylic acid groups (broad SMARTS) is 1. The molecule has 0 saturated heterocycles. The molecular formula is C31H31BrClNO6. The maximum Gasteiger partial charge on any atom is 0.337 e. The predicted molar refractivity (Wildman–Crippen MR) is 159 cm³/mol. The summed E-state index contributed by atoms with van der Waals surface area (Å²) in [4.78, 5) is 14.3. The summed E-state index contributed by atoms with van der Waals surface area (Å²) in [5, 5.41) is 29.3. The lowest BCUT2D eigenvalue weighted by atomic mass is 9.77. The number of aromatic amines is 1. The van der Waals surface area contributed by atoms with E-state index in [2.05, 4.69) is 27.0 Å². The molecule has 0 amide bonds. The van der Waals surface area contributed by atoms with Gasteiger partial charge in [-0.15, -0.1) is 0 Å². The van der Waals surface area contributed by atoms with Gasteiger partial charge < -0.3 is 29.8 Å². The Labute approximate surface area is 245 Å². The minimum absolute atomic E-state index is 0.117. The Hall–Kier alpha value is -3.04. The van der Waals surface area contributed by atoms with Crippen LogP contribution in [-0.4, -0.2) is 52.7 Å². The third-order valence-electron chi connectivity index (χ3n) is 7.85. The molecule has 2 saturated carbocycles. The van der Waals surface area contributed by atoms with Crippen molar-refractivity contribution in [1.29, 1.82) is 0 Å². The van der Waals surface area contributed by atoms with Gasteiger partial charge in [0.25, 0.3) is 0 Å². The summed E-state index contributed by atoms with van der Waals surface area (Å²) in [5.41, 5.74) is 4.79. The van der Waals surface area contributed by atoms with Crippen LogP contribution in [0.2, 0.25) is 5.02 Å². The number of ether oxygens (including phenoxy) is 2. The first kappa shape index (κ1) is 28.5. The zero-order valence-corrected chi connectivity index (χ0v) is 24.5. The lowest BCUT2D eigenvalue weighted by molar-refractivity contribution is 0.0697. The summed E-state index contributed by atoms with van der Waals surface area (Å²) in [5.74, 6) is 1.45. The van der Waals surface area contributed by atoms with Gasteiger partial charge >= 0.3 is 5.97 Å². The lowest BCUT2D eigenvalue weighted by Gasteiger charge is -2.32. The number of hydrogen-bond acceptors (Lipinski definition) is 5. The summed E-state index contributed by atoms with van der Waals surface area (Å²) in [7, 11) is 3.30. The van der Waals surface area contributed by atoms with Gasteiger partial charge in [-0.1, -0.05) is 45.7 Å². The van der Waals surface area contributed by atoms with Crippen molar-refractivity contribution in [1.82, 2.24) is 4.98 Å². The monoisotopic (exact) mass is 627 g/mol. The van der Waals surface area contributed by atoms with Crippen molar-refractivity contribution in [3.8, 4) is 22.6 Å². The summed E-state index contributed by atoms with van der Waals surface area (Å²) in [6, 6.07) is 15.5. The molecule has 210 valence electrons. The van der Waals surface area contributed by atoms with Crippen molar-refractivity contribution in [2.75, 3.05) is 14.2 Å². The number of fused-ring (bicyclic) bond motifs is 1. The van der Waals surface area contributed by atoms with Gasteiger partial charge in [0.1, 0.15) is 11.5 Å². The van der Waals surface area contributed by atoms with E-state index in [0.717, 1.165) is 58.3 Å². The van der Waals surface area contributed by atoms with E-state index in [1.54, 1.807) is 26.4 Å². The van der Waals surface area contributed by atoms with Crippen LogP contribution in [0.3, 0.4) is 0 Å². The molecule has 0 unspecified atom stereocenters. The Morgan fingerprint density at radius 1 is 0.900 bits per heavy atom. The van der Waals surface area contributed by atoms with Gasteiger partial charge in [0, 0.05) is 27.1 Å². The summed E-state index contributed by atoms with van der Waals surface area (Å²) in [6.45, 7) is 0. The van der Waals surface area contributed by atoms with Gasteiger partial charge in [0.15, 0.2) is 0 Å². The van der Waals surface area contributed by atoms with E-state index in [1.807, 2.05) is 30.3 Å². The number of carboxylic acids is 1. The van der Waals surface area contributed by atoms with Gasteiger partial charge in [0.2, 0.25) is 0 Å². The summed E-state index contributed by atoms with van der Waals surface area (Å²) >= 11 is 9.85. The van der Waals surface area contributed by atoms with Crippen LogP contribution in [0.4, 0.5) is 0 Å². The number of aromatic carboxylic acids is 1. The standard InChI is InChI=1S/C20H18ClNO4.C11H13BrO2/c1-26-19-6-10(2-3-13(19)11-4-12(23)5-11)14-7-15-16(20(24)25)9-22-18(15)8-17(14)21;1-14-11-6-8(12)2-3-10(11)7-4-9(13)5-7/h2-3,6-9,11-12,22-23H,4-5H2,1H3,(H,24,25);2-3,6-7,9,13H,4-5H2,1H3. The van der Waals surface area contributed by atoms with Crippen LogP contribution in [0, 0.1) is 0 Å². The molecule has 1 aromatic heterocycles. The molecule has 40 heavy (non-hydrogen) atoms. The molecule has 0 atom stereocenters. The third-order valence-corrected chi connectivity index (χ3v) is 8.65. The topological polar surface area (TPSA) is 112 Å². The summed E-state index contributed by atoms with van der Waals surface area (Å²) < 4.78 is 11.9. The second kappa shape index (κ2) is 11.8. The van der Waals surface area contributed by atoms with E-state index in [-0.39, 0.29) is 17.8 Å². The normalized spacial score (nSPS) is 21.6. The Morgan fingerprint density at radius 2 is 1.48 bits per heavy atom. The first-order valence-corrected chi connectivity index (χ1v) is 14.3. The maximum absolute atomic E-state index is 11.4. The number of halogens is 2. The molecule has 0 bridgehead atoms. The molecule has 0 aliphatic heterocycles. The molecule has 7 nitrogen and oxygen atoms in total. The molecule has 0 spiro atoms. The average molecular weight is 629 g/mol. The van der Waals surface area contributed by atoms with Crippen molar-refractivity contribution >= 4 is 44.4 Å². The Bertz CT molecular complexity index is 1540. The van der Waals surface area contributed by atoms with E-state index in [9.17, 15) is 20.1 Å². The van der Waals surface area contributed by atoms with Crippen LogP contribution < -0.4 is 9.47 Å². The zero-order valence-electron chi connectivity index (χ0n) is 22.2. The zero-order chi connectivity index (χ0) is 28.6. The van der Waals surface area contributed by atoms with Crippen molar-refractivity contribution < 1.29 is 29.6 Å². The number of H-pyrrole nitrogens is 1. The number of nitrogens with one attached hydrogen (secondary N) is 1. The van der Waals surface area contributed by atoms with Crippen molar-refractivity contribution in [3.05, 3.63) is 80.9 Å². The fourth-order valence-corrected chi connectivity index (χ4v) is 6.08. The molecule has 0 radical (unpaired) electrons. The van der Waals surface area contributed by atoms with Gasteiger partial charge in [-0.2, -0.15) is 0 Å². The molecular weight excluding hydrogens is 598 g/mol. The predicted octanol–water partition coefficient (Wildman–Crippen LogP) is 7.13. The number of aliphatic hydroxyl groups excluding tert-OH is 2. The van der Waals surface area contributed by atoms with E-state index in [1.165, 1.54) is 11.8 Å². The molecule has 2 aliphatic rings. The van der Waals surface area contributed by atoms with Crippen LogP contribution in [0.15, 0.2) is 59.2 Å². The Kier molecular flexibility index (Phi) is 8.42. The van der Waals surface area contributed by atoms with Gasteiger partial charge in [-0.25, -0.2) is 4.79 Å². The highest BCUT2D eigenvalue weighted by molar-refractivity contribution is 9.10. The van der Waals surface area contributed by atoms with Crippen LogP contribution >= 0.6 is 27.5 Å². The molecule has 4 N–H and O–H groups in total. The number of rotatable bonds is 6. The maximum atomic E-state index is 11.4. The SMILES string of the molecule is COc1cc(-c2cc3c(C(=O)O)c[nH]c3cc2Cl)ccc1C1CC(O)C1.COc1cc(Br)ccc1C1CC(O)C1. The molecule has 1 heterocycles. The molecule has 2 aliphatic carbocycles. The quantitative estimate of drug-likeness (QED) is 0.181. The Balaban J connectivity index is 0.000000194. The molecule has 2 fully saturated rings. The Morgan fingerprint density at radius 3 is 2.02 bits per heavy atom. The highest BCUT2D eigenvalue weighted by Gasteiger charge is 2.31. The number of aliphatic hydroxyl groups is 2. The summed E-state index contributed by atoms with van der Waals surface area (Å²) in [6.07, 6.45) is 4.33. The fraction of sp³-hybridized carbons (Fsp3) is 0.323. The number of aromatic nitrogens is 1. The van der Waals surface area contributed by atoms with Crippen molar-refractivity contribution in [3.63, 3.8) is 0 Å². The van der Waals surface area contributed by atoms with E-state index in [4.69, 9.17) is 21.1 Å². The van der Waals surface area contributed by atoms with Crippen LogP contribution in [-0.2, 0) is 0 Å². The second-order valence-corrected chi connectivity index (χ2v) is 11.7. The smallest absolute Gasteiger partial charge is 0.337 e. The first-order valence-electron chi connectivity index (χ1n) is 13.1. The van der Waals surface area contributed by atoms with E-state index < -0.39 is 5.97 Å². The van der Waals surface area contributed by atoms with E-state index in [0.29, 0.717) is 27.8 Å². The molecule has 3 aromatic carbocycles. The highest BCUT2D eigenvalue weighted by Crippen LogP contribution is 2.44. The number of benzene rings is 3. The van der Waals surface area contributed by atoms with Crippen LogP contribution in [0.5, 0.6) is 11.5 Å². The highest BCUT2D eigenvalue weighted by atomic mass is 79.9. The lowest BCUT2D eigenvalue weighted by Crippen LogP contribution is -2.26. The van der Waals surface area contributed by atoms with Crippen molar-refractivity contribution in [2.45, 2.75) is 49.7 Å². The number of hydrogen-bond donors (Lipinski definition) is 4. The minimum atomic E-state index is -0.985. The molecule has 6 rings (SSSR count). The first-order chi connectivity index (χ1) is 19.2. The third kappa shape index (κ3) is 5.72. The van der Waals surface area contributed by atoms with E-state index >= 15 is 0 Å². The van der Waals surface area contributed by atoms with Gasteiger partial charge in [0.05, 0.1) is 37.0 Å². The van der Waals surface area contributed by atoms with Crippen molar-refractivity contribution in [2.24, 2.45) is 0 Å². The van der Waals surface area contributed by atoms with Gasteiger partial charge in [-0.05, 0) is 84.5 Å². The van der Waals surface area contributed by atoms with Crippen LogP contribution in [0.25, 0.3) is 22.0 Å². The fourth-order valence-electron chi connectivity index (χ4n) is 5.46. The molecule has 9 heteroatoms.